The van der Waals surface area contributed by atoms with Crippen LogP contribution in [0.25, 0.3) is 0 Å². The number of hydrogen-bond acceptors (Lipinski definition) is 4. The van der Waals surface area contributed by atoms with Gasteiger partial charge in [-0.15, -0.1) is 0 Å². The highest BCUT2D eigenvalue weighted by atomic mass is 16.5. The van der Waals surface area contributed by atoms with Crippen molar-refractivity contribution in [3.63, 3.8) is 0 Å². The second kappa shape index (κ2) is 5.26. The maximum Gasteiger partial charge on any atom is 0.224 e. The summed E-state index contributed by atoms with van der Waals surface area (Å²) in [5, 5.41) is 0. The Morgan fingerprint density at radius 1 is 1.30 bits per heavy atom. The number of nitrogens with zero attached hydrogens (tertiary/aromatic N) is 2. The molecule has 4 fully saturated rings. The van der Waals surface area contributed by atoms with Crippen LogP contribution < -0.4 is 9.64 Å². The molecule has 5 heteroatoms. The second-order valence-electron chi connectivity index (χ2n) is 9.28. The molecule has 1 aromatic rings. The van der Waals surface area contributed by atoms with Crippen LogP contribution in [-0.4, -0.2) is 55.8 Å². The Balaban J connectivity index is 1.58. The molecule has 1 aliphatic carbocycles. The zero-order valence-corrected chi connectivity index (χ0v) is 16.4. The first-order chi connectivity index (χ1) is 13.1. The van der Waals surface area contributed by atoms with Crippen molar-refractivity contribution in [1.82, 2.24) is 4.90 Å². The molecule has 2 bridgehead atoms. The Hall–Kier alpha value is -1.59. The molecule has 1 amide bonds. The van der Waals surface area contributed by atoms with Crippen molar-refractivity contribution in [3.05, 3.63) is 23.8 Å². The largest absolute Gasteiger partial charge is 0.497 e. The summed E-state index contributed by atoms with van der Waals surface area (Å²) in [5.41, 5.74) is 2.51. The first kappa shape index (κ1) is 16.4. The molecule has 7 atom stereocenters. The number of methoxy groups -OCH3 is 1. The van der Waals surface area contributed by atoms with Crippen LogP contribution in [0.3, 0.4) is 0 Å². The molecule has 27 heavy (non-hydrogen) atoms. The van der Waals surface area contributed by atoms with Gasteiger partial charge in [0.25, 0.3) is 0 Å². The lowest BCUT2D eigenvalue weighted by Gasteiger charge is -2.60. The van der Waals surface area contributed by atoms with Crippen molar-refractivity contribution in [2.75, 3.05) is 31.7 Å². The molecule has 5 aliphatic rings. The average molecular weight is 368 g/mol. The van der Waals surface area contributed by atoms with Crippen LogP contribution in [0.1, 0.15) is 32.3 Å². The highest BCUT2D eigenvalue weighted by Gasteiger charge is 2.69. The van der Waals surface area contributed by atoms with Crippen LogP contribution in [-0.2, 0) is 14.9 Å². The molecule has 5 nitrogen and oxygen atoms in total. The number of anilines is 1. The molecular weight excluding hydrogens is 340 g/mol. The minimum absolute atomic E-state index is 0.0589. The van der Waals surface area contributed by atoms with E-state index in [2.05, 4.69) is 34.9 Å². The van der Waals surface area contributed by atoms with E-state index < -0.39 is 0 Å². The zero-order valence-electron chi connectivity index (χ0n) is 16.4. The molecule has 1 spiro atoms. The summed E-state index contributed by atoms with van der Waals surface area (Å²) < 4.78 is 11.8. The second-order valence-corrected chi connectivity index (χ2v) is 9.28. The van der Waals surface area contributed by atoms with Gasteiger partial charge in [-0.05, 0) is 43.9 Å². The maximum atomic E-state index is 12.9. The molecule has 0 radical (unpaired) electrons. The van der Waals surface area contributed by atoms with Gasteiger partial charge in [-0.2, -0.15) is 0 Å². The lowest BCUT2D eigenvalue weighted by molar-refractivity contribution is -0.153. The van der Waals surface area contributed by atoms with E-state index in [0.29, 0.717) is 29.9 Å². The fraction of sp³-hybridized carbons (Fsp3) is 0.682. The highest BCUT2D eigenvalue weighted by molar-refractivity contribution is 5.96. The van der Waals surface area contributed by atoms with Gasteiger partial charge >= 0.3 is 0 Å². The third-order valence-electron chi connectivity index (χ3n) is 8.56. The van der Waals surface area contributed by atoms with Crippen molar-refractivity contribution in [1.29, 1.82) is 0 Å². The summed E-state index contributed by atoms with van der Waals surface area (Å²) in [6.07, 6.45) is 2.74. The monoisotopic (exact) mass is 368 g/mol. The molecule has 0 aromatic heterocycles. The van der Waals surface area contributed by atoms with Gasteiger partial charge < -0.3 is 14.4 Å². The highest BCUT2D eigenvalue weighted by Crippen LogP contribution is 2.64. The summed E-state index contributed by atoms with van der Waals surface area (Å²) in [7, 11) is 1.70. The molecule has 1 aromatic carbocycles. The first-order valence-corrected chi connectivity index (χ1v) is 10.4. The van der Waals surface area contributed by atoms with Gasteiger partial charge in [-0.1, -0.05) is 6.07 Å². The van der Waals surface area contributed by atoms with Gasteiger partial charge in [-0.25, -0.2) is 0 Å². The number of hydrogen-bond donors (Lipinski definition) is 0. The zero-order chi connectivity index (χ0) is 18.5. The Bertz CT molecular complexity index is 826. The normalized spacial score (nSPS) is 44.0. The Kier molecular flexibility index (Phi) is 3.19. The molecule has 4 heterocycles. The van der Waals surface area contributed by atoms with Crippen LogP contribution in [0.5, 0.6) is 5.75 Å². The van der Waals surface area contributed by atoms with Crippen molar-refractivity contribution in [2.45, 2.75) is 50.3 Å². The van der Waals surface area contributed by atoms with Gasteiger partial charge in [0.15, 0.2) is 0 Å². The molecular formula is C22H28N2O3. The third-order valence-corrected chi connectivity index (χ3v) is 8.56. The Labute approximate surface area is 160 Å². The first-order valence-electron chi connectivity index (χ1n) is 10.4. The fourth-order valence-corrected chi connectivity index (χ4v) is 7.59. The summed E-state index contributed by atoms with van der Waals surface area (Å²) in [6.45, 7) is 7.06. The molecule has 144 valence electrons. The fourth-order valence-electron chi connectivity index (χ4n) is 7.59. The van der Waals surface area contributed by atoms with E-state index in [9.17, 15) is 4.79 Å². The summed E-state index contributed by atoms with van der Waals surface area (Å²) in [6, 6.07) is 7.18. The smallest absolute Gasteiger partial charge is 0.224 e. The van der Waals surface area contributed by atoms with Gasteiger partial charge in [-0.3, -0.25) is 9.69 Å². The topological polar surface area (TPSA) is 42.0 Å². The summed E-state index contributed by atoms with van der Waals surface area (Å²) in [4.78, 5) is 17.7. The van der Waals surface area contributed by atoms with Gasteiger partial charge in [0.05, 0.1) is 31.5 Å². The lowest BCUT2D eigenvalue weighted by atomic mass is 9.53. The van der Waals surface area contributed by atoms with E-state index in [0.717, 1.165) is 37.6 Å². The predicted molar refractivity (Wildman–Crippen MR) is 102 cm³/mol. The van der Waals surface area contributed by atoms with E-state index >= 15 is 0 Å². The van der Waals surface area contributed by atoms with Crippen LogP contribution in [0.2, 0.25) is 0 Å². The number of carbonyl (C=O) groups is 1. The van der Waals surface area contributed by atoms with Crippen molar-refractivity contribution in [2.24, 2.45) is 17.8 Å². The van der Waals surface area contributed by atoms with E-state index in [4.69, 9.17) is 9.47 Å². The molecule has 1 saturated carbocycles. The number of benzene rings is 1. The van der Waals surface area contributed by atoms with Gasteiger partial charge in [0.1, 0.15) is 5.75 Å². The minimum atomic E-state index is 0.0589. The predicted octanol–water partition coefficient (Wildman–Crippen LogP) is 2.43. The Morgan fingerprint density at radius 3 is 2.93 bits per heavy atom. The Morgan fingerprint density at radius 2 is 2.15 bits per heavy atom. The summed E-state index contributed by atoms with van der Waals surface area (Å²) in [5.74, 6) is 2.69. The van der Waals surface area contributed by atoms with Crippen molar-refractivity contribution in [3.8, 4) is 5.75 Å². The number of piperidine rings is 1. The summed E-state index contributed by atoms with van der Waals surface area (Å²) >= 11 is 0. The van der Waals surface area contributed by atoms with Crippen LogP contribution in [0, 0.1) is 17.8 Å². The van der Waals surface area contributed by atoms with E-state index in [-0.39, 0.29) is 17.4 Å². The molecule has 6 rings (SSSR count). The third kappa shape index (κ3) is 1.81. The number of fused-ring (bicyclic) bond motifs is 2. The van der Waals surface area contributed by atoms with E-state index in [1.54, 1.807) is 14.0 Å². The standard InChI is InChI=1S/C22H28N2O3/c1-12-16-10-23-7-6-22-18-5-4-14(26-3)8-19(18)24(13(2)25)21(22)17(11-27-12)15(16)9-20(22)23/h4-5,8,12,15-17,20-21H,6-7,9-11H2,1-3H3/t12-,15+,16+,17-,20+,21+,22-/m1/s1. The average Bonchev–Trinajstić information content (AvgIpc) is 3.20. The van der Waals surface area contributed by atoms with Crippen molar-refractivity contribution < 1.29 is 14.3 Å². The molecule has 0 N–H and O–H groups in total. The SMILES string of the molecule is COc1ccc2c(c1)N(C(C)=O)[C@H]1[C@@H]3CO[C@H](C)[C@@H]4CN5CC[C@]21[C@@H]5C[C@H]34. The quantitative estimate of drug-likeness (QED) is 0.764. The van der Waals surface area contributed by atoms with E-state index in [1.807, 2.05) is 0 Å². The maximum absolute atomic E-state index is 12.9. The molecule has 0 unspecified atom stereocenters. The van der Waals surface area contributed by atoms with Gasteiger partial charge in [0.2, 0.25) is 5.91 Å². The van der Waals surface area contributed by atoms with Crippen molar-refractivity contribution >= 4 is 11.6 Å². The van der Waals surface area contributed by atoms with Gasteiger partial charge in [0, 0.05) is 42.8 Å². The molecule has 3 saturated heterocycles. The number of amides is 1. The van der Waals surface area contributed by atoms with Crippen LogP contribution in [0.4, 0.5) is 5.69 Å². The number of carbonyl (C=O) groups excluding carboxylic acids is 1. The van der Waals surface area contributed by atoms with Crippen LogP contribution >= 0.6 is 0 Å². The molecule has 4 aliphatic heterocycles. The number of ether oxygens (including phenoxy) is 2. The lowest BCUT2D eigenvalue weighted by Crippen LogP contribution is -2.69. The number of rotatable bonds is 1. The van der Waals surface area contributed by atoms with E-state index in [1.165, 1.54) is 12.0 Å². The minimum Gasteiger partial charge on any atom is -0.497 e. The van der Waals surface area contributed by atoms with Crippen LogP contribution in [0.15, 0.2) is 18.2 Å².